The van der Waals surface area contributed by atoms with Gasteiger partial charge in [-0.3, -0.25) is 19.2 Å². The quantitative estimate of drug-likeness (QED) is 0.784. The Morgan fingerprint density at radius 3 is 2.75 bits per heavy atom. The molecule has 2 atom stereocenters. The van der Waals surface area contributed by atoms with Gasteiger partial charge >= 0.3 is 5.97 Å². The van der Waals surface area contributed by atoms with Crippen molar-refractivity contribution in [2.24, 2.45) is 5.92 Å². The lowest BCUT2D eigenvalue weighted by Gasteiger charge is -2.36. The van der Waals surface area contributed by atoms with Crippen LogP contribution in [-0.2, 0) is 24.7 Å². The first-order valence-electron chi connectivity index (χ1n) is 7.39. The zero-order valence-corrected chi connectivity index (χ0v) is 13.3. The van der Waals surface area contributed by atoms with Crippen LogP contribution < -0.4 is 5.32 Å². The van der Waals surface area contributed by atoms with Gasteiger partial charge in [0.05, 0.1) is 0 Å². The lowest BCUT2D eigenvalue weighted by molar-refractivity contribution is -0.149. The number of aliphatic carboxylic acids is 1. The van der Waals surface area contributed by atoms with Gasteiger partial charge in [0.2, 0.25) is 5.91 Å². The molecule has 0 radical (unpaired) electrons. The molecule has 1 aromatic carbocycles. The van der Waals surface area contributed by atoms with Gasteiger partial charge in [-0.1, -0.05) is 17.7 Å². The Bertz CT molecular complexity index is 753. The molecule has 0 saturated carbocycles. The summed E-state index contributed by atoms with van der Waals surface area (Å²) in [5.41, 5.74) is -0.764. The van der Waals surface area contributed by atoms with Crippen LogP contribution in [0.5, 0.6) is 0 Å². The summed E-state index contributed by atoms with van der Waals surface area (Å²) in [6.07, 6.45) is 0.974. The molecule has 1 amide bonds. The number of ether oxygens (including phenoxy) is 1. The Hall–Kier alpha value is -2.25. The van der Waals surface area contributed by atoms with Crippen LogP contribution in [0.2, 0.25) is 5.02 Å². The highest BCUT2D eigenvalue weighted by molar-refractivity contribution is 6.33. The van der Waals surface area contributed by atoms with E-state index in [1.165, 1.54) is 6.07 Å². The monoisotopic (exact) mass is 351 g/mol. The topological polar surface area (TPSA) is 110 Å². The second-order valence-corrected chi connectivity index (χ2v) is 6.18. The average Bonchev–Trinajstić information content (AvgIpc) is 3.02. The van der Waals surface area contributed by atoms with Gasteiger partial charge in [0, 0.05) is 22.8 Å². The SMILES string of the molecule is O=C(O)CNC(=O)C1C(=O)c2cc(Cl)ccc2C2(CCCO2)C1=O. The largest absolute Gasteiger partial charge is 0.480 e. The number of carboxylic acids is 1. The van der Waals surface area contributed by atoms with Crippen LogP contribution in [0, 0.1) is 5.92 Å². The number of amides is 1. The highest BCUT2D eigenvalue weighted by atomic mass is 35.5. The molecule has 126 valence electrons. The van der Waals surface area contributed by atoms with Crippen molar-refractivity contribution >= 4 is 35.0 Å². The van der Waals surface area contributed by atoms with Crippen molar-refractivity contribution in [1.29, 1.82) is 0 Å². The van der Waals surface area contributed by atoms with E-state index in [2.05, 4.69) is 5.32 Å². The van der Waals surface area contributed by atoms with Gasteiger partial charge < -0.3 is 15.2 Å². The van der Waals surface area contributed by atoms with Crippen LogP contribution in [-0.4, -0.2) is 41.7 Å². The molecule has 1 spiro atoms. The van der Waals surface area contributed by atoms with E-state index in [-0.39, 0.29) is 5.56 Å². The van der Waals surface area contributed by atoms with Crippen molar-refractivity contribution in [3.05, 3.63) is 34.3 Å². The molecule has 2 N–H and O–H groups in total. The number of rotatable bonds is 3. The van der Waals surface area contributed by atoms with Gasteiger partial charge in [0.1, 0.15) is 6.54 Å². The normalized spacial score (nSPS) is 25.6. The summed E-state index contributed by atoms with van der Waals surface area (Å²) >= 11 is 5.95. The molecular formula is C16H14ClNO6. The Morgan fingerprint density at radius 2 is 2.12 bits per heavy atom. The molecular weight excluding hydrogens is 338 g/mol. The molecule has 0 bridgehead atoms. The predicted octanol–water partition coefficient (Wildman–Crippen LogP) is 0.928. The summed E-state index contributed by atoms with van der Waals surface area (Å²) in [6.45, 7) is -0.336. The predicted molar refractivity (Wildman–Crippen MR) is 81.8 cm³/mol. The van der Waals surface area contributed by atoms with E-state index < -0.39 is 41.5 Å². The highest BCUT2D eigenvalue weighted by Gasteiger charge is 2.56. The Labute approximate surface area is 141 Å². The molecule has 3 rings (SSSR count). The lowest BCUT2D eigenvalue weighted by Crippen LogP contribution is -2.53. The van der Waals surface area contributed by atoms with Crippen LogP contribution in [0.4, 0.5) is 0 Å². The molecule has 2 aliphatic rings. The molecule has 7 nitrogen and oxygen atoms in total. The van der Waals surface area contributed by atoms with Crippen molar-refractivity contribution in [2.75, 3.05) is 13.2 Å². The summed E-state index contributed by atoms with van der Waals surface area (Å²) in [4.78, 5) is 48.4. The first-order valence-corrected chi connectivity index (χ1v) is 7.76. The number of Topliss-reactive ketones (excluding diaryl/α,β-unsaturated/α-hetero) is 2. The molecule has 8 heteroatoms. The summed E-state index contributed by atoms with van der Waals surface area (Å²) in [7, 11) is 0. The zero-order chi connectivity index (χ0) is 17.5. The number of carbonyl (C=O) groups excluding carboxylic acids is 3. The number of hydrogen-bond donors (Lipinski definition) is 2. The summed E-state index contributed by atoms with van der Waals surface area (Å²) in [6, 6.07) is 4.55. The fourth-order valence-corrected chi connectivity index (χ4v) is 3.43. The summed E-state index contributed by atoms with van der Waals surface area (Å²) in [5, 5.41) is 11.1. The van der Waals surface area contributed by atoms with Crippen molar-refractivity contribution in [2.45, 2.75) is 18.4 Å². The molecule has 1 heterocycles. The summed E-state index contributed by atoms with van der Waals surface area (Å²) < 4.78 is 5.67. The molecule has 0 aromatic heterocycles. The second-order valence-electron chi connectivity index (χ2n) is 5.74. The molecule has 1 saturated heterocycles. The number of hydrogen-bond acceptors (Lipinski definition) is 5. The number of carbonyl (C=O) groups is 4. The number of nitrogens with one attached hydrogen (secondary N) is 1. The number of benzene rings is 1. The number of ketones is 2. The fourth-order valence-electron chi connectivity index (χ4n) is 3.26. The van der Waals surface area contributed by atoms with Gasteiger partial charge in [0.15, 0.2) is 23.1 Å². The Morgan fingerprint density at radius 1 is 1.38 bits per heavy atom. The molecule has 24 heavy (non-hydrogen) atoms. The maximum absolute atomic E-state index is 12.9. The van der Waals surface area contributed by atoms with E-state index >= 15 is 0 Å². The van der Waals surface area contributed by atoms with Crippen LogP contribution in [0.1, 0.15) is 28.8 Å². The van der Waals surface area contributed by atoms with Gasteiger partial charge in [-0.2, -0.15) is 0 Å². The van der Waals surface area contributed by atoms with Crippen LogP contribution in [0.25, 0.3) is 0 Å². The molecule has 1 fully saturated rings. The molecule has 1 aliphatic carbocycles. The Balaban J connectivity index is 2.07. The first kappa shape index (κ1) is 16.6. The maximum atomic E-state index is 12.9. The standard InChI is InChI=1S/C16H14ClNO6/c17-8-2-3-10-9(6-8)13(21)12(15(23)18-7-11(19)20)14(22)16(10)4-1-5-24-16/h2-3,6,12H,1,4-5,7H2,(H,18,23)(H,19,20). The third-order valence-corrected chi connectivity index (χ3v) is 4.54. The number of fused-ring (bicyclic) bond motifs is 2. The average molecular weight is 352 g/mol. The van der Waals surface area contributed by atoms with Crippen LogP contribution in [0.3, 0.4) is 0 Å². The lowest BCUT2D eigenvalue weighted by atomic mass is 9.70. The van der Waals surface area contributed by atoms with Crippen molar-refractivity contribution < 1.29 is 29.0 Å². The molecule has 1 aliphatic heterocycles. The van der Waals surface area contributed by atoms with E-state index in [0.717, 1.165) is 0 Å². The minimum absolute atomic E-state index is 0.166. The third-order valence-electron chi connectivity index (χ3n) is 4.30. The minimum atomic E-state index is -1.63. The first-order chi connectivity index (χ1) is 11.4. The van der Waals surface area contributed by atoms with Gasteiger partial charge in [-0.15, -0.1) is 0 Å². The Kier molecular flexibility index (Phi) is 4.15. The van der Waals surface area contributed by atoms with Gasteiger partial charge in [0.25, 0.3) is 0 Å². The summed E-state index contributed by atoms with van der Waals surface area (Å²) in [5.74, 6) is -5.18. The minimum Gasteiger partial charge on any atom is -0.480 e. The zero-order valence-electron chi connectivity index (χ0n) is 12.5. The smallest absolute Gasteiger partial charge is 0.322 e. The highest BCUT2D eigenvalue weighted by Crippen LogP contribution is 2.45. The molecule has 2 unspecified atom stereocenters. The van der Waals surface area contributed by atoms with Crippen molar-refractivity contribution in [3.8, 4) is 0 Å². The fraction of sp³-hybridized carbons (Fsp3) is 0.375. The van der Waals surface area contributed by atoms with E-state index in [0.29, 0.717) is 30.0 Å². The van der Waals surface area contributed by atoms with Crippen LogP contribution in [0.15, 0.2) is 18.2 Å². The van der Waals surface area contributed by atoms with E-state index in [4.69, 9.17) is 21.4 Å². The second kappa shape index (κ2) is 5.99. The van der Waals surface area contributed by atoms with Crippen molar-refractivity contribution in [3.63, 3.8) is 0 Å². The maximum Gasteiger partial charge on any atom is 0.322 e. The van der Waals surface area contributed by atoms with Gasteiger partial charge in [-0.25, -0.2) is 0 Å². The van der Waals surface area contributed by atoms with E-state index in [1.54, 1.807) is 12.1 Å². The third kappa shape index (κ3) is 2.50. The van der Waals surface area contributed by atoms with Gasteiger partial charge in [-0.05, 0) is 25.0 Å². The number of halogens is 1. The van der Waals surface area contributed by atoms with Crippen molar-refractivity contribution in [1.82, 2.24) is 5.32 Å². The van der Waals surface area contributed by atoms with Crippen LogP contribution >= 0.6 is 11.6 Å². The van der Waals surface area contributed by atoms with E-state index in [9.17, 15) is 19.2 Å². The van der Waals surface area contributed by atoms with E-state index in [1.807, 2.05) is 0 Å². The number of carboxylic acid groups (broad SMARTS) is 1. The molecule has 1 aromatic rings.